The summed E-state index contributed by atoms with van der Waals surface area (Å²) in [5, 5.41) is 0. The van der Waals surface area contributed by atoms with Crippen LogP contribution in [0.4, 0.5) is 0 Å². The van der Waals surface area contributed by atoms with Crippen LogP contribution in [0, 0.1) is 5.92 Å². The van der Waals surface area contributed by atoms with Gasteiger partial charge in [-0.05, 0) is 33.1 Å². The van der Waals surface area contributed by atoms with Crippen molar-refractivity contribution < 1.29 is 23.3 Å². The Morgan fingerprint density at radius 1 is 1.12 bits per heavy atom. The maximum Gasteiger partial charge on any atom is 0.318 e. The molecular weight excluding hydrogens is 342 g/mol. The molecule has 142 valence electrons. The molecule has 0 radical (unpaired) electrons. The van der Waals surface area contributed by atoms with Gasteiger partial charge in [-0.1, -0.05) is 24.1 Å². The van der Waals surface area contributed by atoms with Gasteiger partial charge in [0.25, 0.3) is 0 Å². The lowest BCUT2D eigenvalue weighted by atomic mass is 10.0. The minimum atomic E-state index is -1.38. The topological polar surface area (TPSA) is 104 Å². The number of Topliss-reactive ketones (excluding diaryl/α,β-unsaturated/α-hetero) is 1. The van der Waals surface area contributed by atoms with Crippen LogP contribution in [-0.2, 0) is 29.9 Å². The van der Waals surface area contributed by atoms with Crippen molar-refractivity contribution in [3.05, 3.63) is 23.3 Å². The maximum absolute atomic E-state index is 12.1. The third kappa shape index (κ3) is 12.3. The molecule has 0 rings (SSSR count). The number of primary amides is 1. The normalized spacial score (nSPS) is 14.7. The average Bonchev–Trinajstić information content (AvgIpc) is 2.51. The Labute approximate surface area is 152 Å². The second-order valence-corrected chi connectivity index (χ2v) is 7.68. The molecule has 6 nitrogen and oxygen atoms in total. The van der Waals surface area contributed by atoms with Gasteiger partial charge in [-0.25, -0.2) is 0 Å². The molecule has 2 atom stereocenters. The minimum Gasteiger partial charge on any atom is -0.468 e. The predicted octanol–water partition coefficient (Wildman–Crippen LogP) is 2.05. The quantitative estimate of drug-likeness (QED) is 0.321. The average molecular weight is 371 g/mol. The molecule has 0 aliphatic rings. The fraction of sp³-hybridized carbons (Fsp3) is 0.611. The summed E-state index contributed by atoms with van der Waals surface area (Å²) in [5.74, 6) is -1.28. The van der Waals surface area contributed by atoms with E-state index in [9.17, 15) is 18.6 Å². The molecule has 2 N–H and O–H groups in total. The summed E-state index contributed by atoms with van der Waals surface area (Å²) < 4.78 is 16.2. The van der Waals surface area contributed by atoms with Crippen LogP contribution in [0.25, 0.3) is 0 Å². The number of methoxy groups -OCH3 is 1. The van der Waals surface area contributed by atoms with Gasteiger partial charge in [-0.2, -0.15) is 0 Å². The molecule has 0 aromatic rings. The summed E-state index contributed by atoms with van der Waals surface area (Å²) in [6.45, 7) is 5.54. The first-order chi connectivity index (χ1) is 11.6. The number of esters is 1. The first-order valence-electron chi connectivity index (χ1n) is 8.22. The van der Waals surface area contributed by atoms with Crippen molar-refractivity contribution in [1.29, 1.82) is 0 Å². The Morgan fingerprint density at radius 3 is 2.32 bits per heavy atom. The molecule has 0 bridgehead atoms. The number of hydrogen-bond donors (Lipinski definition) is 1. The van der Waals surface area contributed by atoms with E-state index in [1.807, 2.05) is 19.9 Å². The molecule has 1 amide bonds. The molecule has 0 saturated heterocycles. The van der Waals surface area contributed by atoms with Gasteiger partial charge in [0.1, 0.15) is 11.5 Å². The monoisotopic (exact) mass is 371 g/mol. The van der Waals surface area contributed by atoms with E-state index in [1.54, 1.807) is 6.92 Å². The van der Waals surface area contributed by atoms with E-state index in [1.165, 1.54) is 13.2 Å². The fourth-order valence-corrected chi connectivity index (χ4v) is 3.39. The highest BCUT2D eigenvalue weighted by Gasteiger charge is 2.18. The predicted molar refractivity (Wildman–Crippen MR) is 99.2 cm³/mol. The summed E-state index contributed by atoms with van der Waals surface area (Å²) in [6.07, 6.45) is 6.03. The Hall–Kier alpha value is -1.76. The van der Waals surface area contributed by atoms with Crippen LogP contribution >= 0.6 is 0 Å². The number of allylic oxidation sites excluding steroid dienone is 3. The molecule has 25 heavy (non-hydrogen) atoms. The minimum absolute atomic E-state index is 0.0378. The van der Waals surface area contributed by atoms with Crippen molar-refractivity contribution in [2.75, 3.05) is 18.6 Å². The number of rotatable bonds is 12. The van der Waals surface area contributed by atoms with Crippen LogP contribution in [0.1, 0.15) is 46.5 Å². The Morgan fingerprint density at radius 2 is 1.76 bits per heavy atom. The Kier molecular flexibility index (Phi) is 11.7. The van der Waals surface area contributed by atoms with Gasteiger partial charge in [0.15, 0.2) is 0 Å². The summed E-state index contributed by atoms with van der Waals surface area (Å²) in [5.41, 5.74) is 7.11. The molecule has 0 heterocycles. The first kappa shape index (κ1) is 23.2. The lowest BCUT2D eigenvalue weighted by molar-refractivity contribution is -0.137. The number of ketones is 1. The highest BCUT2D eigenvalue weighted by Crippen LogP contribution is 2.13. The zero-order chi connectivity index (χ0) is 19.4. The first-order valence-corrected chi connectivity index (χ1v) is 9.71. The van der Waals surface area contributed by atoms with Crippen LogP contribution in [0.15, 0.2) is 23.3 Å². The van der Waals surface area contributed by atoms with Crippen LogP contribution < -0.4 is 5.73 Å². The number of nitrogens with two attached hydrogens (primary N) is 1. The summed E-state index contributed by atoms with van der Waals surface area (Å²) >= 11 is 0. The number of carbonyl (C=O) groups excluding carboxylic acids is 3. The van der Waals surface area contributed by atoms with Gasteiger partial charge < -0.3 is 10.5 Å². The SMILES string of the molecule is COC(=O)CS(=O)CC(C)C(=O)CC/C(C)=C/CC/C(C)=C/C(N)=O. The molecular formula is C18H29NO5S. The third-order valence-electron chi connectivity index (χ3n) is 3.68. The maximum atomic E-state index is 12.1. The third-order valence-corrected chi connectivity index (χ3v) is 5.11. The lowest BCUT2D eigenvalue weighted by Crippen LogP contribution is -2.22. The summed E-state index contributed by atoms with van der Waals surface area (Å²) in [6, 6.07) is 0. The fourth-order valence-electron chi connectivity index (χ4n) is 2.15. The van der Waals surface area contributed by atoms with Crippen LogP contribution in [0.2, 0.25) is 0 Å². The standard InChI is InChI=1S/C18H29NO5S/c1-13(6-5-7-14(2)10-17(19)21)8-9-16(20)15(3)11-25(23)12-18(22)24-4/h6,10,15H,5,7-9,11-12H2,1-4H3,(H2,19,21)/b13-6+,14-10+. The van der Waals surface area contributed by atoms with Crippen molar-refractivity contribution in [1.82, 2.24) is 0 Å². The van der Waals surface area contributed by atoms with Crippen molar-refractivity contribution in [2.24, 2.45) is 11.7 Å². The highest BCUT2D eigenvalue weighted by molar-refractivity contribution is 7.85. The van der Waals surface area contributed by atoms with Crippen molar-refractivity contribution in [3.63, 3.8) is 0 Å². The molecule has 7 heteroatoms. The van der Waals surface area contributed by atoms with Gasteiger partial charge in [-0.15, -0.1) is 0 Å². The van der Waals surface area contributed by atoms with E-state index in [4.69, 9.17) is 5.73 Å². The number of carbonyl (C=O) groups is 3. The highest BCUT2D eigenvalue weighted by atomic mass is 32.2. The van der Waals surface area contributed by atoms with Gasteiger partial charge in [0.05, 0.1) is 7.11 Å². The van der Waals surface area contributed by atoms with E-state index in [-0.39, 0.29) is 23.2 Å². The second-order valence-electron chi connectivity index (χ2n) is 6.18. The van der Waals surface area contributed by atoms with E-state index < -0.39 is 22.7 Å². The van der Waals surface area contributed by atoms with E-state index in [0.717, 1.165) is 24.0 Å². The van der Waals surface area contributed by atoms with Crippen LogP contribution in [-0.4, -0.2) is 40.5 Å². The molecule has 0 aliphatic carbocycles. The van der Waals surface area contributed by atoms with E-state index in [0.29, 0.717) is 12.8 Å². The van der Waals surface area contributed by atoms with Crippen LogP contribution in [0.5, 0.6) is 0 Å². The van der Waals surface area contributed by atoms with Crippen LogP contribution in [0.3, 0.4) is 0 Å². The lowest BCUT2D eigenvalue weighted by Gasteiger charge is -2.10. The smallest absolute Gasteiger partial charge is 0.318 e. The van der Waals surface area contributed by atoms with Gasteiger partial charge in [0.2, 0.25) is 5.91 Å². The molecule has 0 fully saturated rings. The molecule has 0 aromatic heterocycles. The number of ether oxygens (including phenoxy) is 1. The van der Waals surface area contributed by atoms with Gasteiger partial charge >= 0.3 is 5.97 Å². The van der Waals surface area contributed by atoms with Gasteiger partial charge in [0, 0.05) is 35.0 Å². The molecule has 0 spiro atoms. The summed E-state index contributed by atoms with van der Waals surface area (Å²) in [7, 11) is -0.140. The Balaban J connectivity index is 4.21. The molecule has 0 aliphatic heterocycles. The Bertz CT molecular complexity index is 566. The molecule has 0 saturated carbocycles. The number of amides is 1. The summed E-state index contributed by atoms with van der Waals surface area (Å²) in [4.78, 5) is 33.9. The second kappa shape index (κ2) is 12.6. The van der Waals surface area contributed by atoms with Crippen molar-refractivity contribution >= 4 is 28.5 Å². The zero-order valence-corrected chi connectivity index (χ0v) is 16.3. The molecule has 2 unspecified atom stereocenters. The van der Waals surface area contributed by atoms with E-state index >= 15 is 0 Å². The molecule has 0 aromatic carbocycles. The van der Waals surface area contributed by atoms with Crippen molar-refractivity contribution in [3.8, 4) is 0 Å². The van der Waals surface area contributed by atoms with Gasteiger partial charge in [-0.3, -0.25) is 18.6 Å². The van der Waals surface area contributed by atoms with Crippen molar-refractivity contribution in [2.45, 2.75) is 46.5 Å². The zero-order valence-electron chi connectivity index (χ0n) is 15.5. The number of hydrogen-bond acceptors (Lipinski definition) is 5. The largest absolute Gasteiger partial charge is 0.468 e. The van der Waals surface area contributed by atoms with E-state index in [2.05, 4.69) is 4.74 Å².